The molecule has 1 saturated heterocycles. The van der Waals surface area contributed by atoms with Crippen LogP contribution in [0.15, 0.2) is 59.8 Å². The summed E-state index contributed by atoms with van der Waals surface area (Å²) in [5.41, 5.74) is 1.94. The SMILES string of the molecule is COc1ccc(-n2c(CC3CC(=O)NC(=O)N3)nnc2SCC(=O)NCCc2ccccc2)cc1. The first-order valence-corrected chi connectivity index (χ1v) is 12.1. The highest BCUT2D eigenvalue weighted by molar-refractivity contribution is 7.99. The maximum Gasteiger partial charge on any atom is 0.321 e. The van der Waals surface area contributed by atoms with E-state index >= 15 is 0 Å². The number of carbonyl (C=O) groups is 3. The van der Waals surface area contributed by atoms with Gasteiger partial charge in [-0.05, 0) is 36.2 Å². The Kier molecular flexibility index (Phi) is 7.99. The van der Waals surface area contributed by atoms with Gasteiger partial charge in [0.2, 0.25) is 11.8 Å². The Bertz CT molecular complexity index is 1170. The first-order valence-electron chi connectivity index (χ1n) is 11.1. The minimum absolute atomic E-state index is 0.104. The molecule has 2 heterocycles. The maximum atomic E-state index is 12.4. The molecule has 1 aliphatic heterocycles. The number of ether oxygens (including phenoxy) is 1. The number of thioether (sulfide) groups is 1. The maximum absolute atomic E-state index is 12.4. The van der Waals surface area contributed by atoms with Crippen LogP contribution in [-0.4, -0.2) is 58.1 Å². The van der Waals surface area contributed by atoms with Crippen molar-refractivity contribution in [2.24, 2.45) is 0 Å². The van der Waals surface area contributed by atoms with E-state index in [9.17, 15) is 14.4 Å². The van der Waals surface area contributed by atoms with Crippen LogP contribution in [0.3, 0.4) is 0 Å². The van der Waals surface area contributed by atoms with Crippen LogP contribution in [0, 0.1) is 0 Å². The highest BCUT2D eigenvalue weighted by Crippen LogP contribution is 2.25. The summed E-state index contributed by atoms with van der Waals surface area (Å²) in [6.07, 6.45) is 1.21. The molecule has 1 aromatic heterocycles. The number of hydrogen-bond acceptors (Lipinski definition) is 7. The fraction of sp³-hybridized carbons (Fsp3) is 0.292. The average Bonchev–Trinajstić information content (AvgIpc) is 3.25. The van der Waals surface area contributed by atoms with Crippen LogP contribution < -0.4 is 20.7 Å². The summed E-state index contributed by atoms with van der Waals surface area (Å²) in [6.45, 7) is 0.545. The molecule has 11 heteroatoms. The van der Waals surface area contributed by atoms with Crippen molar-refractivity contribution in [3.05, 3.63) is 66.0 Å². The lowest BCUT2D eigenvalue weighted by atomic mass is 10.1. The van der Waals surface area contributed by atoms with Crippen LogP contribution >= 0.6 is 11.8 Å². The summed E-state index contributed by atoms with van der Waals surface area (Å²) in [5.74, 6) is 1.00. The number of nitrogens with zero attached hydrogens (tertiary/aromatic N) is 3. The van der Waals surface area contributed by atoms with Gasteiger partial charge in [-0.15, -0.1) is 10.2 Å². The number of nitrogens with one attached hydrogen (secondary N) is 3. The normalized spacial score (nSPS) is 15.3. The predicted octanol–water partition coefficient (Wildman–Crippen LogP) is 1.87. The van der Waals surface area contributed by atoms with E-state index in [0.29, 0.717) is 29.7 Å². The molecule has 1 atom stereocenters. The molecule has 4 rings (SSSR count). The van der Waals surface area contributed by atoms with Crippen LogP contribution in [0.4, 0.5) is 4.79 Å². The van der Waals surface area contributed by atoms with Crippen LogP contribution in [0.25, 0.3) is 5.69 Å². The third kappa shape index (κ3) is 6.60. The van der Waals surface area contributed by atoms with Crippen molar-refractivity contribution in [2.75, 3.05) is 19.4 Å². The fourth-order valence-electron chi connectivity index (χ4n) is 3.71. The number of methoxy groups -OCH3 is 1. The zero-order chi connectivity index (χ0) is 24.6. The van der Waals surface area contributed by atoms with Gasteiger partial charge < -0.3 is 15.4 Å². The lowest BCUT2D eigenvalue weighted by Crippen LogP contribution is -2.53. The van der Waals surface area contributed by atoms with Crippen molar-refractivity contribution >= 4 is 29.6 Å². The van der Waals surface area contributed by atoms with Crippen molar-refractivity contribution in [1.29, 1.82) is 0 Å². The molecule has 10 nitrogen and oxygen atoms in total. The molecule has 3 N–H and O–H groups in total. The largest absolute Gasteiger partial charge is 0.497 e. The molecule has 35 heavy (non-hydrogen) atoms. The van der Waals surface area contributed by atoms with E-state index in [1.54, 1.807) is 7.11 Å². The van der Waals surface area contributed by atoms with Gasteiger partial charge in [0.05, 0.1) is 12.9 Å². The number of rotatable bonds is 10. The Hall–Kier alpha value is -3.86. The molecule has 1 aliphatic rings. The quantitative estimate of drug-likeness (QED) is 0.367. The van der Waals surface area contributed by atoms with Gasteiger partial charge in [0.25, 0.3) is 0 Å². The smallest absolute Gasteiger partial charge is 0.321 e. The van der Waals surface area contributed by atoms with Gasteiger partial charge >= 0.3 is 6.03 Å². The lowest BCUT2D eigenvalue weighted by molar-refractivity contribution is -0.121. The van der Waals surface area contributed by atoms with E-state index in [-0.39, 0.29) is 24.0 Å². The van der Waals surface area contributed by atoms with Gasteiger partial charge in [0.1, 0.15) is 11.6 Å². The number of aromatic nitrogens is 3. The van der Waals surface area contributed by atoms with E-state index < -0.39 is 12.1 Å². The fourth-order valence-corrected chi connectivity index (χ4v) is 4.51. The zero-order valence-corrected chi connectivity index (χ0v) is 20.0. The molecule has 3 aromatic rings. The standard InChI is InChI=1S/C24H26N6O4S/c1-34-19-9-7-18(8-10-19)30-20(13-17-14-21(31)27-23(33)26-17)28-29-24(30)35-15-22(32)25-12-11-16-5-3-2-4-6-16/h2-10,17H,11-15H2,1H3,(H,25,32)(H2,26,27,31,33). The van der Waals surface area contributed by atoms with Gasteiger partial charge in [0.15, 0.2) is 5.16 Å². The van der Waals surface area contributed by atoms with Crippen LogP contribution in [0.5, 0.6) is 5.75 Å². The number of amides is 4. The molecule has 0 saturated carbocycles. The van der Waals surface area contributed by atoms with E-state index in [2.05, 4.69) is 26.1 Å². The van der Waals surface area contributed by atoms with Crippen molar-refractivity contribution in [1.82, 2.24) is 30.7 Å². The molecule has 0 bridgehead atoms. The van der Waals surface area contributed by atoms with Crippen LogP contribution in [0.2, 0.25) is 0 Å². The molecule has 1 unspecified atom stereocenters. The Morgan fingerprint density at radius 1 is 1.14 bits per heavy atom. The predicted molar refractivity (Wildman–Crippen MR) is 131 cm³/mol. The molecule has 0 spiro atoms. The molecule has 2 aromatic carbocycles. The summed E-state index contributed by atoms with van der Waals surface area (Å²) >= 11 is 1.27. The summed E-state index contributed by atoms with van der Waals surface area (Å²) in [4.78, 5) is 35.9. The first kappa shape index (κ1) is 24.3. The monoisotopic (exact) mass is 494 g/mol. The Morgan fingerprint density at radius 2 is 1.91 bits per heavy atom. The second-order valence-corrected chi connectivity index (χ2v) is 8.88. The number of imide groups is 1. The van der Waals surface area contributed by atoms with Gasteiger partial charge in [-0.2, -0.15) is 0 Å². The van der Waals surface area contributed by atoms with E-state index in [0.717, 1.165) is 17.7 Å². The van der Waals surface area contributed by atoms with Gasteiger partial charge in [-0.25, -0.2) is 4.79 Å². The minimum atomic E-state index is -0.525. The van der Waals surface area contributed by atoms with Crippen molar-refractivity contribution in [2.45, 2.75) is 30.5 Å². The average molecular weight is 495 g/mol. The Balaban J connectivity index is 1.45. The molecule has 1 fully saturated rings. The first-order chi connectivity index (χ1) is 17.0. The van der Waals surface area contributed by atoms with Crippen molar-refractivity contribution in [3.63, 3.8) is 0 Å². The summed E-state index contributed by atoms with van der Waals surface area (Å²) < 4.78 is 7.08. The molecular weight excluding hydrogens is 468 g/mol. The van der Waals surface area contributed by atoms with E-state index in [1.165, 1.54) is 11.8 Å². The van der Waals surface area contributed by atoms with Crippen LogP contribution in [-0.2, 0) is 22.4 Å². The highest BCUT2D eigenvalue weighted by Gasteiger charge is 2.27. The van der Waals surface area contributed by atoms with Gasteiger partial charge in [-0.3, -0.25) is 19.5 Å². The Morgan fingerprint density at radius 3 is 2.63 bits per heavy atom. The summed E-state index contributed by atoms with van der Waals surface area (Å²) in [5, 5.41) is 17.0. The number of hydrogen-bond donors (Lipinski definition) is 3. The lowest BCUT2D eigenvalue weighted by Gasteiger charge is -2.23. The molecule has 0 radical (unpaired) electrons. The van der Waals surface area contributed by atoms with Crippen molar-refractivity contribution < 1.29 is 19.1 Å². The topological polar surface area (TPSA) is 127 Å². The third-order valence-corrected chi connectivity index (χ3v) is 6.32. The second-order valence-electron chi connectivity index (χ2n) is 7.93. The molecule has 4 amide bonds. The highest BCUT2D eigenvalue weighted by atomic mass is 32.2. The molecule has 0 aliphatic carbocycles. The second kappa shape index (κ2) is 11.5. The minimum Gasteiger partial charge on any atom is -0.497 e. The van der Waals surface area contributed by atoms with Gasteiger partial charge in [-0.1, -0.05) is 42.1 Å². The summed E-state index contributed by atoms with van der Waals surface area (Å²) in [7, 11) is 1.59. The molecular formula is C24H26N6O4S. The van der Waals surface area contributed by atoms with Gasteiger partial charge in [0, 0.05) is 31.1 Å². The van der Waals surface area contributed by atoms with E-state index in [1.807, 2.05) is 59.2 Å². The van der Waals surface area contributed by atoms with E-state index in [4.69, 9.17) is 4.74 Å². The number of carbonyl (C=O) groups excluding carboxylic acids is 3. The zero-order valence-electron chi connectivity index (χ0n) is 19.2. The Labute approximate surface area is 206 Å². The van der Waals surface area contributed by atoms with Crippen molar-refractivity contribution in [3.8, 4) is 11.4 Å². The molecule has 182 valence electrons. The van der Waals surface area contributed by atoms with Crippen LogP contribution in [0.1, 0.15) is 17.8 Å². The number of urea groups is 1. The summed E-state index contributed by atoms with van der Waals surface area (Å²) in [6, 6.07) is 16.4. The number of benzene rings is 2. The third-order valence-electron chi connectivity index (χ3n) is 5.39.